The van der Waals surface area contributed by atoms with E-state index in [4.69, 9.17) is 14.9 Å². The number of anilines is 1. The third-order valence-corrected chi connectivity index (χ3v) is 1.79. The summed E-state index contributed by atoms with van der Waals surface area (Å²) < 4.78 is 5.33. The lowest BCUT2D eigenvalue weighted by atomic mass is 10.4. The van der Waals surface area contributed by atoms with Gasteiger partial charge in [0.25, 0.3) is 0 Å². The Balaban J connectivity index is 2.46. The van der Waals surface area contributed by atoms with Gasteiger partial charge in [0.1, 0.15) is 0 Å². The summed E-state index contributed by atoms with van der Waals surface area (Å²) in [6.45, 7) is 2.53. The zero-order valence-electron chi connectivity index (χ0n) is 9.26. The van der Waals surface area contributed by atoms with Gasteiger partial charge >= 0.3 is 0 Å². The first kappa shape index (κ1) is 12.7. The van der Waals surface area contributed by atoms with Crippen molar-refractivity contribution in [1.29, 1.82) is 0 Å². The van der Waals surface area contributed by atoms with Crippen molar-refractivity contribution in [3.05, 3.63) is 12.3 Å². The van der Waals surface area contributed by atoms with E-state index < -0.39 is 6.10 Å². The molecule has 0 aliphatic rings. The molecule has 1 aromatic rings. The van der Waals surface area contributed by atoms with Gasteiger partial charge in [0.05, 0.1) is 19.3 Å². The van der Waals surface area contributed by atoms with E-state index in [1.165, 1.54) is 0 Å². The Kier molecular flexibility index (Phi) is 5.52. The predicted molar refractivity (Wildman–Crippen MR) is 59.4 cm³/mol. The Bertz CT molecular complexity index is 309. The highest BCUT2D eigenvalue weighted by molar-refractivity contribution is 5.27. The van der Waals surface area contributed by atoms with Gasteiger partial charge in [-0.05, 0) is 6.42 Å². The predicted octanol–water partition coefficient (Wildman–Crippen LogP) is 0.0305. The van der Waals surface area contributed by atoms with Gasteiger partial charge in [-0.3, -0.25) is 0 Å². The molecule has 1 heterocycles. The van der Waals surface area contributed by atoms with Crippen LogP contribution < -0.4 is 10.1 Å². The van der Waals surface area contributed by atoms with E-state index in [1.54, 1.807) is 12.3 Å². The van der Waals surface area contributed by atoms with E-state index in [9.17, 15) is 0 Å². The molecule has 16 heavy (non-hydrogen) atoms. The van der Waals surface area contributed by atoms with Crippen molar-refractivity contribution in [1.82, 2.24) is 9.97 Å². The summed E-state index contributed by atoms with van der Waals surface area (Å²) in [5, 5.41) is 20.6. The van der Waals surface area contributed by atoms with Crippen LogP contribution in [0.15, 0.2) is 12.3 Å². The second-order valence-corrected chi connectivity index (χ2v) is 3.28. The summed E-state index contributed by atoms with van der Waals surface area (Å²) in [4.78, 5) is 8.04. The maximum Gasteiger partial charge on any atom is 0.226 e. The molecule has 0 bridgehead atoms. The molecule has 0 saturated carbocycles. The van der Waals surface area contributed by atoms with E-state index in [0.29, 0.717) is 18.4 Å². The molecule has 1 aromatic heterocycles. The SMILES string of the molecule is CCCOc1ccnc(NCC(O)CO)n1. The van der Waals surface area contributed by atoms with Crippen LogP contribution >= 0.6 is 0 Å². The van der Waals surface area contributed by atoms with Crippen LogP contribution in [0.5, 0.6) is 5.88 Å². The van der Waals surface area contributed by atoms with Gasteiger partial charge in [0.15, 0.2) is 0 Å². The Morgan fingerprint density at radius 1 is 1.56 bits per heavy atom. The summed E-state index contributed by atoms with van der Waals surface area (Å²) in [5.41, 5.74) is 0. The molecular formula is C10H17N3O3. The Morgan fingerprint density at radius 3 is 3.06 bits per heavy atom. The summed E-state index contributed by atoms with van der Waals surface area (Å²) in [6, 6.07) is 1.67. The van der Waals surface area contributed by atoms with Crippen LogP contribution in [0.1, 0.15) is 13.3 Å². The fraction of sp³-hybridized carbons (Fsp3) is 0.600. The maximum atomic E-state index is 9.13. The first-order valence-corrected chi connectivity index (χ1v) is 5.25. The van der Waals surface area contributed by atoms with Gasteiger partial charge in [-0.15, -0.1) is 0 Å². The highest BCUT2D eigenvalue weighted by Gasteiger charge is 2.03. The number of aliphatic hydroxyl groups excluding tert-OH is 2. The van der Waals surface area contributed by atoms with Crippen LogP contribution in [0.25, 0.3) is 0 Å². The van der Waals surface area contributed by atoms with E-state index in [1.807, 2.05) is 6.92 Å². The molecule has 0 saturated heterocycles. The van der Waals surface area contributed by atoms with Gasteiger partial charge in [-0.1, -0.05) is 6.92 Å². The molecule has 1 unspecified atom stereocenters. The molecule has 1 rings (SSSR count). The maximum absolute atomic E-state index is 9.13. The first-order chi connectivity index (χ1) is 7.76. The van der Waals surface area contributed by atoms with E-state index in [0.717, 1.165) is 6.42 Å². The van der Waals surface area contributed by atoms with Crippen LogP contribution in [-0.2, 0) is 0 Å². The third kappa shape index (κ3) is 4.41. The molecule has 6 nitrogen and oxygen atoms in total. The number of hydrogen-bond acceptors (Lipinski definition) is 6. The molecule has 0 aliphatic carbocycles. The number of rotatable bonds is 7. The second-order valence-electron chi connectivity index (χ2n) is 3.28. The Morgan fingerprint density at radius 2 is 2.38 bits per heavy atom. The molecule has 0 aromatic carbocycles. The third-order valence-electron chi connectivity index (χ3n) is 1.79. The first-order valence-electron chi connectivity index (χ1n) is 5.25. The minimum Gasteiger partial charge on any atom is -0.478 e. The van der Waals surface area contributed by atoms with Crippen molar-refractivity contribution in [2.24, 2.45) is 0 Å². The number of ether oxygens (including phenoxy) is 1. The summed E-state index contributed by atoms with van der Waals surface area (Å²) in [7, 11) is 0. The molecule has 6 heteroatoms. The fourth-order valence-corrected chi connectivity index (χ4v) is 0.988. The lowest BCUT2D eigenvalue weighted by Gasteiger charge is -2.09. The fourth-order valence-electron chi connectivity index (χ4n) is 0.988. The molecule has 0 radical (unpaired) electrons. The van der Waals surface area contributed by atoms with Crippen molar-refractivity contribution in [2.75, 3.05) is 25.1 Å². The minimum atomic E-state index is -0.816. The van der Waals surface area contributed by atoms with Gasteiger partial charge in [0, 0.05) is 18.8 Å². The molecule has 0 amide bonds. The van der Waals surface area contributed by atoms with E-state index in [2.05, 4.69) is 15.3 Å². The lowest BCUT2D eigenvalue weighted by Crippen LogP contribution is -2.23. The van der Waals surface area contributed by atoms with Gasteiger partial charge < -0.3 is 20.3 Å². The van der Waals surface area contributed by atoms with Crippen molar-refractivity contribution in [3.8, 4) is 5.88 Å². The smallest absolute Gasteiger partial charge is 0.226 e. The van der Waals surface area contributed by atoms with E-state index >= 15 is 0 Å². The van der Waals surface area contributed by atoms with Crippen LogP contribution in [0.2, 0.25) is 0 Å². The standard InChI is InChI=1S/C10H17N3O3/c1-2-5-16-9-3-4-11-10(13-9)12-6-8(15)7-14/h3-4,8,14-15H,2,5-7H2,1H3,(H,11,12,13). The zero-order chi connectivity index (χ0) is 11.8. The lowest BCUT2D eigenvalue weighted by molar-refractivity contribution is 0.105. The number of hydrogen-bond donors (Lipinski definition) is 3. The Labute approximate surface area is 94.3 Å². The zero-order valence-corrected chi connectivity index (χ0v) is 9.26. The molecule has 0 fully saturated rings. The van der Waals surface area contributed by atoms with Crippen LogP contribution in [0.4, 0.5) is 5.95 Å². The monoisotopic (exact) mass is 227 g/mol. The van der Waals surface area contributed by atoms with E-state index in [-0.39, 0.29) is 13.2 Å². The highest BCUT2D eigenvalue weighted by atomic mass is 16.5. The minimum absolute atomic E-state index is 0.202. The van der Waals surface area contributed by atoms with Crippen molar-refractivity contribution in [2.45, 2.75) is 19.4 Å². The van der Waals surface area contributed by atoms with Crippen LogP contribution in [0.3, 0.4) is 0 Å². The molecule has 90 valence electrons. The largest absolute Gasteiger partial charge is 0.478 e. The van der Waals surface area contributed by atoms with Crippen molar-refractivity contribution >= 4 is 5.95 Å². The molecule has 0 spiro atoms. The van der Waals surface area contributed by atoms with Crippen LogP contribution in [-0.4, -0.2) is 46.0 Å². The highest BCUT2D eigenvalue weighted by Crippen LogP contribution is 2.08. The van der Waals surface area contributed by atoms with Crippen molar-refractivity contribution < 1.29 is 14.9 Å². The summed E-state index contributed by atoms with van der Waals surface area (Å²) in [5.74, 6) is 0.874. The average Bonchev–Trinajstić information content (AvgIpc) is 2.34. The quantitative estimate of drug-likeness (QED) is 0.609. The second kappa shape index (κ2) is 6.97. The number of aromatic nitrogens is 2. The molecule has 3 N–H and O–H groups in total. The molecule has 0 aliphatic heterocycles. The number of nitrogens with one attached hydrogen (secondary N) is 1. The van der Waals surface area contributed by atoms with Crippen molar-refractivity contribution in [3.63, 3.8) is 0 Å². The number of aliphatic hydroxyl groups is 2. The number of nitrogens with zero attached hydrogens (tertiary/aromatic N) is 2. The molecular weight excluding hydrogens is 210 g/mol. The topological polar surface area (TPSA) is 87.5 Å². The Hall–Kier alpha value is -1.40. The summed E-state index contributed by atoms with van der Waals surface area (Å²) in [6.07, 6.45) is 1.67. The normalized spacial score (nSPS) is 12.2. The van der Waals surface area contributed by atoms with Gasteiger partial charge in [-0.2, -0.15) is 4.98 Å². The van der Waals surface area contributed by atoms with Crippen LogP contribution in [0, 0.1) is 0 Å². The van der Waals surface area contributed by atoms with Gasteiger partial charge in [0.2, 0.25) is 11.8 Å². The van der Waals surface area contributed by atoms with Gasteiger partial charge in [-0.25, -0.2) is 4.98 Å². The summed E-state index contributed by atoms with van der Waals surface area (Å²) >= 11 is 0. The molecule has 1 atom stereocenters. The average molecular weight is 227 g/mol.